The Kier molecular flexibility index (Phi) is 3.84. The Labute approximate surface area is 98.3 Å². The molecule has 0 atom stereocenters. The SMILES string of the molecule is COC(=O)c1c(OC)c(OC(F)(F)F)c[nH]c1=O. The second kappa shape index (κ2) is 4.98. The van der Waals surface area contributed by atoms with E-state index in [1.54, 1.807) is 0 Å². The average Bonchev–Trinajstić information content (AvgIpc) is 2.28. The number of aromatic nitrogens is 1. The van der Waals surface area contributed by atoms with Gasteiger partial charge in [0.15, 0.2) is 17.1 Å². The lowest BCUT2D eigenvalue weighted by molar-refractivity contribution is -0.275. The number of rotatable bonds is 3. The molecule has 0 bridgehead atoms. The van der Waals surface area contributed by atoms with E-state index in [0.717, 1.165) is 14.2 Å². The lowest BCUT2D eigenvalue weighted by Gasteiger charge is -2.13. The summed E-state index contributed by atoms with van der Waals surface area (Å²) in [5, 5.41) is 0. The van der Waals surface area contributed by atoms with E-state index in [-0.39, 0.29) is 0 Å². The monoisotopic (exact) mass is 267 g/mol. The topological polar surface area (TPSA) is 77.6 Å². The van der Waals surface area contributed by atoms with Crippen molar-refractivity contribution in [3.63, 3.8) is 0 Å². The fraction of sp³-hybridized carbons (Fsp3) is 0.333. The molecule has 0 saturated heterocycles. The summed E-state index contributed by atoms with van der Waals surface area (Å²) < 4.78 is 48.7. The number of aromatic amines is 1. The number of carbonyl (C=O) groups excluding carboxylic acids is 1. The maximum atomic E-state index is 12.1. The number of alkyl halides is 3. The zero-order valence-corrected chi connectivity index (χ0v) is 9.25. The van der Waals surface area contributed by atoms with Crippen LogP contribution in [0.2, 0.25) is 0 Å². The first kappa shape index (κ1) is 13.9. The summed E-state index contributed by atoms with van der Waals surface area (Å²) >= 11 is 0. The van der Waals surface area contributed by atoms with E-state index in [2.05, 4.69) is 14.2 Å². The number of methoxy groups -OCH3 is 2. The third-order valence-electron chi connectivity index (χ3n) is 1.83. The number of ether oxygens (including phenoxy) is 3. The van der Waals surface area contributed by atoms with E-state index < -0.39 is 35.0 Å². The van der Waals surface area contributed by atoms with Crippen LogP contribution < -0.4 is 15.0 Å². The van der Waals surface area contributed by atoms with Crippen molar-refractivity contribution < 1.29 is 32.2 Å². The molecule has 0 amide bonds. The number of nitrogens with one attached hydrogen (secondary N) is 1. The van der Waals surface area contributed by atoms with Crippen molar-refractivity contribution in [1.82, 2.24) is 4.98 Å². The Balaban J connectivity index is 3.39. The normalized spacial score (nSPS) is 10.9. The summed E-state index contributed by atoms with van der Waals surface area (Å²) in [5.74, 6) is -2.63. The van der Waals surface area contributed by atoms with Gasteiger partial charge in [0.2, 0.25) is 0 Å². The molecular weight excluding hydrogens is 259 g/mol. The maximum Gasteiger partial charge on any atom is 0.573 e. The highest BCUT2D eigenvalue weighted by molar-refractivity contribution is 5.92. The molecule has 18 heavy (non-hydrogen) atoms. The summed E-state index contributed by atoms with van der Waals surface area (Å²) in [6.07, 6.45) is -4.35. The van der Waals surface area contributed by atoms with E-state index in [1.165, 1.54) is 0 Å². The molecule has 0 aromatic carbocycles. The standard InChI is InChI=1S/C9H8F3NO5/c1-16-6-4(18-9(10,11)12)3-13-7(14)5(6)8(15)17-2/h3H,1-2H3,(H,13,14). The molecule has 100 valence electrons. The molecule has 0 aliphatic heterocycles. The van der Waals surface area contributed by atoms with Crippen LogP contribution in [0.3, 0.4) is 0 Å². The van der Waals surface area contributed by atoms with Gasteiger partial charge in [-0.05, 0) is 0 Å². The van der Waals surface area contributed by atoms with Crippen molar-refractivity contribution >= 4 is 5.97 Å². The first-order chi connectivity index (χ1) is 8.30. The number of hydrogen-bond acceptors (Lipinski definition) is 5. The predicted molar refractivity (Wildman–Crippen MR) is 51.6 cm³/mol. The quantitative estimate of drug-likeness (QED) is 0.829. The van der Waals surface area contributed by atoms with Crippen LogP contribution in [0.5, 0.6) is 11.5 Å². The summed E-state index contributed by atoms with van der Waals surface area (Å²) in [5.41, 5.74) is -1.66. The zero-order valence-electron chi connectivity index (χ0n) is 9.25. The van der Waals surface area contributed by atoms with Gasteiger partial charge in [-0.3, -0.25) is 4.79 Å². The summed E-state index contributed by atoms with van der Waals surface area (Å²) in [6.45, 7) is 0. The minimum Gasteiger partial charge on any atom is -0.492 e. The van der Waals surface area contributed by atoms with E-state index in [1.807, 2.05) is 4.98 Å². The minimum absolute atomic E-state index is 0.640. The molecule has 0 unspecified atom stereocenters. The smallest absolute Gasteiger partial charge is 0.492 e. The third-order valence-corrected chi connectivity index (χ3v) is 1.83. The fourth-order valence-electron chi connectivity index (χ4n) is 1.19. The maximum absolute atomic E-state index is 12.1. The van der Waals surface area contributed by atoms with Crippen LogP contribution in [0, 0.1) is 0 Å². The molecule has 0 aliphatic rings. The molecule has 0 saturated carbocycles. The number of pyridine rings is 1. The van der Waals surface area contributed by atoms with Gasteiger partial charge in [0, 0.05) is 0 Å². The van der Waals surface area contributed by atoms with Crippen LogP contribution in [0.4, 0.5) is 13.2 Å². The molecule has 1 aromatic rings. The molecule has 1 rings (SSSR count). The Morgan fingerprint density at radius 2 is 1.94 bits per heavy atom. The van der Waals surface area contributed by atoms with Crippen molar-refractivity contribution in [2.45, 2.75) is 6.36 Å². The van der Waals surface area contributed by atoms with Gasteiger partial charge in [-0.25, -0.2) is 4.79 Å². The molecule has 1 aromatic heterocycles. The van der Waals surface area contributed by atoms with Crippen LogP contribution in [-0.2, 0) is 4.74 Å². The number of H-pyrrole nitrogens is 1. The Morgan fingerprint density at radius 1 is 1.33 bits per heavy atom. The van der Waals surface area contributed by atoms with Gasteiger partial charge in [0.1, 0.15) is 0 Å². The highest BCUT2D eigenvalue weighted by atomic mass is 19.4. The second-order valence-corrected chi connectivity index (χ2v) is 2.93. The zero-order chi connectivity index (χ0) is 13.9. The molecule has 0 fully saturated rings. The Hall–Kier alpha value is -2.19. The lowest BCUT2D eigenvalue weighted by atomic mass is 10.2. The second-order valence-electron chi connectivity index (χ2n) is 2.93. The van der Waals surface area contributed by atoms with Gasteiger partial charge in [-0.1, -0.05) is 0 Å². The van der Waals surface area contributed by atoms with Crippen LogP contribution in [0.15, 0.2) is 11.0 Å². The highest BCUT2D eigenvalue weighted by Gasteiger charge is 2.34. The summed E-state index contributed by atoms with van der Waals surface area (Å²) in [7, 11) is 1.96. The molecule has 9 heteroatoms. The largest absolute Gasteiger partial charge is 0.573 e. The molecular formula is C9H8F3NO5. The van der Waals surface area contributed by atoms with Crippen LogP contribution >= 0.6 is 0 Å². The van der Waals surface area contributed by atoms with Crippen LogP contribution in [-0.4, -0.2) is 31.5 Å². The highest BCUT2D eigenvalue weighted by Crippen LogP contribution is 2.32. The van der Waals surface area contributed by atoms with Gasteiger partial charge in [-0.15, -0.1) is 13.2 Å². The van der Waals surface area contributed by atoms with Crippen molar-refractivity contribution in [3.8, 4) is 11.5 Å². The lowest BCUT2D eigenvalue weighted by Crippen LogP contribution is -2.23. The van der Waals surface area contributed by atoms with Gasteiger partial charge in [-0.2, -0.15) is 0 Å². The Bertz CT molecular complexity index is 508. The molecule has 0 aliphatic carbocycles. The molecule has 1 N–H and O–H groups in total. The molecule has 1 heterocycles. The van der Waals surface area contributed by atoms with Gasteiger partial charge in [0.05, 0.1) is 20.4 Å². The van der Waals surface area contributed by atoms with Crippen LogP contribution in [0.1, 0.15) is 10.4 Å². The predicted octanol–water partition coefficient (Wildman–Crippen LogP) is 1.07. The molecule has 6 nitrogen and oxygen atoms in total. The van der Waals surface area contributed by atoms with Crippen molar-refractivity contribution in [1.29, 1.82) is 0 Å². The number of esters is 1. The van der Waals surface area contributed by atoms with E-state index in [0.29, 0.717) is 6.20 Å². The number of halogens is 3. The molecule has 0 radical (unpaired) electrons. The fourth-order valence-corrected chi connectivity index (χ4v) is 1.19. The van der Waals surface area contributed by atoms with Crippen molar-refractivity contribution in [2.75, 3.05) is 14.2 Å². The number of hydrogen-bond donors (Lipinski definition) is 1. The summed E-state index contributed by atoms with van der Waals surface area (Å²) in [4.78, 5) is 24.5. The first-order valence-electron chi connectivity index (χ1n) is 4.44. The van der Waals surface area contributed by atoms with Crippen molar-refractivity contribution in [2.24, 2.45) is 0 Å². The number of carbonyl (C=O) groups is 1. The third kappa shape index (κ3) is 2.93. The minimum atomic E-state index is -4.99. The van der Waals surface area contributed by atoms with Gasteiger partial charge in [0.25, 0.3) is 5.56 Å². The van der Waals surface area contributed by atoms with E-state index in [9.17, 15) is 22.8 Å². The summed E-state index contributed by atoms with van der Waals surface area (Å²) in [6, 6.07) is 0. The molecule has 0 spiro atoms. The van der Waals surface area contributed by atoms with Gasteiger partial charge >= 0.3 is 12.3 Å². The first-order valence-corrected chi connectivity index (χ1v) is 4.44. The van der Waals surface area contributed by atoms with Crippen molar-refractivity contribution in [3.05, 3.63) is 22.1 Å². The van der Waals surface area contributed by atoms with E-state index in [4.69, 9.17) is 0 Å². The van der Waals surface area contributed by atoms with E-state index >= 15 is 0 Å². The van der Waals surface area contributed by atoms with Gasteiger partial charge < -0.3 is 19.2 Å². The van der Waals surface area contributed by atoms with Crippen LogP contribution in [0.25, 0.3) is 0 Å². The Morgan fingerprint density at radius 3 is 2.39 bits per heavy atom. The average molecular weight is 267 g/mol.